The average molecular weight is 382 g/mol. The molecule has 2 N–H and O–H groups in total. The summed E-state index contributed by atoms with van der Waals surface area (Å²) in [6.45, 7) is 3.97. The van der Waals surface area contributed by atoms with Crippen LogP contribution >= 0.6 is 11.6 Å². The predicted octanol–water partition coefficient (Wildman–Crippen LogP) is 1.67. The van der Waals surface area contributed by atoms with Crippen LogP contribution in [0.15, 0.2) is 23.3 Å². The minimum Gasteiger partial charge on any atom is -0.381 e. The van der Waals surface area contributed by atoms with Gasteiger partial charge in [0.25, 0.3) is 0 Å². The fourth-order valence-corrected chi connectivity index (χ4v) is 3.75. The summed E-state index contributed by atoms with van der Waals surface area (Å²) in [5.41, 5.74) is -0.181. The van der Waals surface area contributed by atoms with Crippen LogP contribution in [-0.2, 0) is 9.47 Å². The Morgan fingerprint density at radius 3 is 3.00 bits per heavy atom. The average Bonchev–Trinajstić information content (AvgIpc) is 3.14. The lowest BCUT2D eigenvalue weighted by Gasteiger charge is -2.36. The van der Waals surface area contributed by atoms with Crippen LogP contribution in [0.2, 0.25) is 5.02 Å². The zero-order valence-corrected chi connectivity index (χ0v) is 16.3. The van der Waals surface area contributed by atoms with E-state index < -0.39 is 0 Å². The smallest absolute Gasteiger partial charge is 0.191 e. The summed E-state index contributed by atoms with van der Waals surface area (Å²) >= 11 is 6.27. The maximum absolute atomic E-state index is 6.27. The number of aromatic nitrogens is 1. The zero-order valence-electron chi connectivity index (χ0n) is 15.5. The van der Waals surface area contributed by atoms with E-state index >= 15 is 0 Å². The number of halogens is 1. The molecule has 2 aliphatic heterocycles. The van der Waals surface area contributed by atoms with Crippen molar-refractivity contribution >= 4 is 23.4 Å². The van der Waals surface area contributed by atoms with Crippen LogP contribution in [0.25, 0.3) is 0 Å². The van der Waals surface area contributed by atoms with Gasteiger partial charge in [0.15, 0.2) is 5.96 Å². The lowest BCUT2D eigenvalue weighted by atomic mass is 9.94. The molecule has 1 aromatic heterocycles. The predicted molar refractivity (Wildman–Crippen MR) is 104 cm³/mol. The topological polar surface area (TPSA) is 71.0 Å². The minimum atomic E-state index is -0.181. The molecule has 0 spiro atoms. The van der Waals surface area contributed by atoms with Gasteiger partial charge >= 0.3 is 0 Å². The Hall–Kier alpha value is -1.57. The molecule has 7 nitrogen and oxygen atoms in total. The van der Waals surface area contributed by atoms with Crippen LogP contribution in [0.3, 0.4) is 0 Å². The Labute approximate surface area is 160 Å². The fourth-order valence-electron chi connectivity index (χ4n) is 3.51. The number of nitrogens with one attached hydrogen (secondary N) is 2. The third-order valence-corrected chi connectivity index (χ3v) is 5.50. The molecule has 0 aromatic carbocycles. The molecule has 0 saturated carbocycles. The molecule has 1 unspecified atom stereocenters. The second kappa shape index (κ2) is 8.88. The van der Waals surface area contributed by atoms with Gasteiger partial charge in [-0.3, -0.25) is 4.99 Å². The van der Waals surface area contributed by atoms with Crippen LogP contribution in [0.5, 0.6) is 0 Å². The third-order valence-electron chi connectivity index (χ3n) is 5.21. The van der Waals surface area contributed by atoms with E-state index in [2.05, 4.69) is 25.5 Å². The van der Waals surface area contributed by atoms with Crippen molar-refractivity contribution in [3.63, 3.8) is 0 Å². The number of aliphatic imine (C=N–C) groups is 1. The molecule has 1 aromatic rings. The molecule has 8 heteroatoms. The van der Waals surface area contributed by atoms with E-state index in [0.29, 0.717) is 11.1 Å². The van der Waals surface area contributed by atoms with Crippen molar-refractivity contribution in [3.05, 3.63) is 23.4 Å². The maximum Gasteiger partial charge on any atom is 0.191 e. The molecule has 3 heterocycles. The van der Waals surface area contributed by atoms with Gasteiger partial charge in [0.1, 0.15) is 5.82 Å². The highest BCUT2D eigenvalue weighted by Gasteiger charge is 2.33. The molecule has 3 rings (SSSR count). The monoisotopic (exact) mass is 381 g/mol. The van der Waals surface area contributed by atoms with Crippen LogP contribution in [-0.4, -0.2) is 69.6 Å². The first-order chi connectivity index (χ1) is 12.7. The molecule has 2 fully saturated rings. The first kappa shape index (κ1) is 19.2. The first-order valence-electron chi connectivity index (χ1n) is 9.11. The molecule has 0 bridgehead atoms. The Morgan fingerprint density at radius 2 is 2.31 bits per heavy atom. The zero-order chi connectivity index (χ0) is 18.4. The Morgan fingerprint density at radius 1 is 1.50 bits per heavy atom. The largest absolute Gasteiger partial charge is 0.381 e. The van der Waals surface area contributed by atoms with E-state index in [1.54, 1.807) is 20.4 Å². The van der Waals surface area contributed by atoms with Crippen molar-refractivity contribution in [2.45, 2.75) is 30.9 Å². The van der Waals surface area contributed by atoms with Crippen molar-refractivity contribution < 1.29 is 9.47 Å². The molecule has 0 radical (unpaired) electrons. The Balaban J connectivity index is 1.52. The highest BCUT2D eigenvalue weighted by atomic mass is 35.5. The molecule has 0 aliphatic carbocycles. The van der Waals surface area contributed by atoms with E-state index in [-0.39, 0.29) is 5.60 Å². The molecule has 2 aliphatic rings. The number of guanidine groups is 1. The number of hydrogen-bond donors (Lipinski definition) is 2. The highest BCUT2D eigenvalue weighted by molar-refractivity contribution is 6.32. The molecular formula is C18H28ClN5O2. The summed E-state index contributed by atoms with van der Waals surface area (Å²) < 4.78 is 11.2. The fraction of sp³-hybridized carbons (Fsp3) is 0.667. The third kappa shape index (κ3) is 4.58. The number of hydrogen-bond acceptors (Lipinski definition) is 5. The van der Waals surface area contributed by atoms with Crippen LogP contribution < -0.4 is 15.5 Å². The quantitative estimate of drug-likeness (QED) is 0.597. The molecule has 144 valence electrons. The lowest BCUT2D eigenvalue weighted by Crippen LogP contribution is -2.52. The Kier molecular flexibility index (Phi) is 6.56. The number of methoxy groups -OCH3 is 1. The SMILES string of the molecule is CN=C(NCC1(OC)CCOCC1)NC1CCN(c2ncccc2Cl)C1. The van der Waals surface area contributed by atoms with E-state index in [4.69, 9.17) is 21.1 Å². The standard InChI is InChI=1S/C18H28ClN5O2/c1-20-17(22-13-18(25-2)6-10-26-11-7-18)23-14-5-9-24(12-14)16-15(19)4-3-8-21-16/h3-4,8,14H,5-7,9-13H2,1-2H3,(H2,20,22,23). The summed E-state index contributed by atoms with van der Waals surface area (Å²) in [5.74, 6) is 1.65. The second-order valence-corrected chi connectivity index (χ2v) is 7.22. The maximum atomic E-state index is 6.27. The van der Waals surface area contributed by atoms with Gasteiger partial charge < -0.3 is 25.0 Å². The number of rotatable bonds is 5. The summed E-state index contributed by atoms with van der Waals surface area (Å²) in [5, 5.41) is 7.62. The first-order valence-corrected chi connectivity index (χ1v) is 9.49. The van der Waals surface area contributed by atoms with Gasteiger partial charge in [-0.05, 0) is 18.6 Å². The van der Waals surface area contributed by atoms with Crippen molar-refractivity contribution in [3.8, 4) is 0 Å². The van der Waals surface area contributed by atoms with Gasteiger partial charge in [0.05, 0.1) is 10.6 Å². The summed E-state index contributed by atoms with van der Waals surface area (Å²) in [6, 6.07) is 4.03. The summed E-state index contributed by atoms with van der Waals surface area (Å²) in [6.07, 6.45) is 4.57. The van der Waals surface area contributed by atoms with Crippen LogP contribution in [0, 0.1) is 0 Å². The molecule has 1 atom stereocenters. The molecule has 0 amide bonds. The van der Waals surface area contributed by atoms with Gasteiger partial charge in [-0.25, -0.2) is 4.98 Å². The van der Waals surface area contributed by atoms with Gasteiger partial charge in [-0.15, -0.1) is 0 Å². The van der Waals surface area contributed by atoms with Crippen LogP contribution in [0.1, 0.15) is 19.3 Å². The van der Waals surface area contributed by atoms with Crippen molar-refractivity contribution in [2.24, 2.45) is 4.99 Å². The Bertz CT molecular complexity index is 621. The number of anilines is 1. The summed E-state index contributed by atoms with van der Waals surface area (Å²) in [7, 11) is 3.57. The van der Waals surface area contributed by atoms with Gasteiger partial charge in [-0.1, -0.05) is 11.6 Å². The second-order valence-electron chi connectivity index (χ2n) is 6.81. The number of ether oxygens (including phenoxy) is 2. The van der Waals surface area contributed by atoms with Crippen molar-refractivity contribution in [1.82, 2.24) is 15.6 Å². The molecule has 2 saturated heterocycles. The molecular weight excluding hydrogens is 354 g/mol. The van der Waals surface area contributed by atoms with Crippen LogP contribution in [0.4, 0.5) is 5.82 Å². The van der Waals surface area contributed by atoms with Gasteiger partial charge in [-0.2, -0.15) is 0 Å². The van der Waals surface area contributed by atoms with E-state index in [0.717, 1.165) is 63.9 Å². The van der Waals surface area contributed by atoms with Gasteiger partial charge in [0, 0.05) is 72.1 Å². The lowest BCUT2D eigenvalue weighted by molar-refractivity contribution is -0.0855. The van der Waals surface area contributed by atoms with Gasteiger partial charge in [0.2, 0.25) is 0 Å². The highest BCUT2D eigenvalue weighted by Crippen LogP contribution is 2.26. The minimum absolute atomic E-state index is 0.181. The van der Waals surface area contributed by atoms with E-state index in [1.165, 1.54) is 0 Å². The van der Waals surface area contributed by atoms with E-state index in [9.17, 15) is 0 Å². The van der Waals surface area contributed by atoms with E-state index in [1.807, 2.05) is 12.1 Å². The number of nitrogens with zero attached hydrogens (tertiary/aromatic N) is 3. The van der Waals surface area contributed by atoms with Crippen molar-refractivity contribution in [1.29, 1.82) is 0 Å². The molecule has 26 heavy (non-hydrogen) atoms. The summed E-state index contributed by atoms with van der Waals surface area (Å²) in [4.78, 5) is 11.0. The number of pyridine rings is 1. The normalized spacial score (nSPS) is 23.1. The van der Waals surface area contributed by atoms with Crippen molar-refractivity contribution in [2.75, 3.05) is 51.9 Å².